The summed E-state index contributed by atoms with van der Waals surface area (Å²) in [6.07, 6.45) is -3.36. The van der Waals surface area contributed by atoms with Crippen molar-refractivity contribution in [1.29, 1.82) is 0 Å². The van der Waals surface area contributed by atoms with Crippen LogP contribution in [0.15, 0.2) is 64.8 Å². The van der Waals surface area contributed by atoms with E-state index in [1.165, 1.54) is 50.4 Å². The summed E-state index contributed by atoms with van der Waals surface area (Å²) < 4.78 is 84.7. The Hall–Kier alpha value is -2.62. The number of aryl methyl sites for hydroxylation is 1. The number of alkyl halides is 3. The maximum absolute atomic E-state index is 13.8. The van der Waals surface area contributed by atoms with Crippen molar-refractivity contribution in [3.63, 3.8) is 0 Å². The number of fused-ring (bicyclic) bond motifs is 1. The van der Waals surface area contributed by atoms with Crippen molar-refractivity contribution in [2.75, 3.05) is 6.61 Å². The van der Waals surface area contributed by atoms with Crippen LogP contribution < -0.4 is 4.74 Å². The first-order valence-corrected chi connectivity index (χ1v) is 13.6. The second-order valence-corrected chi connectivity index (χ2v) is 11.3. The van der Waals surface area contributed by atoms with Gasteiger partial charge in [0, 0.05) is 22.9 Å². The molecule has 4 rings (SSSR count). The number of carbonyl (C=O) groups is 1. The van der Waals surface area contributed by atoms with E-state index in [0.717, 1.165) is 10.0 Å². The van der Waals surface area contributed by atoms with E-state index in [-0.39, 0.29) is 84.5 Å². The Labute approximate surface area is 246 Å². The third kappa shape index (κ3) is 6.58. The molecule has 2 aromatic carbocycles. The van der Waals surface area contributed by atoms with E-state index in [4.69, 9.17) is 4.74 Å². The van der Waals surface area contributed by atoms with Crippen LogP contribution in [0.2, 0.25) is 0 Å². The molecular weight excluding hydrogens is 570 g/mol. The normalized spacial score (nSPS) is 12.7. The van der Waals surface area contributed by atoms with Gasteiger partial charge in [-0.05, 0) is 49.7 Å². The number of ether oxygens (including phenoxy) is 1. The second kappa shape index (κ2) is 11.9. The van der Waals surface area contributed by atoms with E-state index in [1.54, 1.807) is 12.1 Å². The third-order valence-corrected chi connectivity index (χ3v) is 8.74. The molecule has 4 aromatic rings. The van der Waals surface area contributed by atoms with Crippen LogP contribution in [-0.4, -0.2) is 80.3 Å². The summed E-state index contributed by atoms with van der Waals surface area (Å²) in [7, 11) is -4.49. The van der Waals surface area contributed by atoms with Gasteiger partial charge >= 0.3 is 46.9 Å². The van der Waals surface area contributed by atoms with Gasteiger partial charge in [0.2, 0.25) is 0 Å². The van der Waals surface area contributed by atoms with Crippen LogP contribution in [-0.2, 0) is 27.0 Å². The van der Waals surface area contributed by atoms with Crippen molar-refractivity contribution in [1.82, 2.24) is 13.9 Å². The van der Waals surface area contributed by atoms with Gasteiger partial charge in [-0.3, -0.25) is 4.98 Å². The van der Waals surface area contributed by atoms with Crippen molar-refractivity contribution in [3.8, 4) is 5.75 Å². The van der Waals surface area contributed by atoms with Gasteiger partial charge in [0.15, 0.2) is 12.4 Å². The zero-order chi connectivity index (χ0) is 27.8. The first kappa shape index (κ1) is 30.9. The predicted octanol–water partition coefficient (Wildman–Crippen LogP) is 3.58. The summed E-state index contributed by atoms with van der Waals surface area (Å²) >= 11 is -2.14. The molecular formula is C24H21F3N3NaO6S2. The van der Waals surface area contributed by atoms with Crippen molar-refractivity contribution >= 4 is 67.8 Å². The minimum atomic E-state index is -4.56. The number of hydrogen-bond acceptors (Lipinski definition) is 7. The molecule has 0 saturated heterocycles. The molecule has 0 aliphatic rings. The van der Waals surface area contributed by atoms with E-state index >= 15 is 0 Å². The molecule has 0 aliphatic carbocycles. The fourth-order valence-electron chi connectivity index (χ4n) is 3.68. The van der Waals surface area contributed by atoms with Crippen LogP contribution in [0.3, 0.4) is 0 Å². The standard InChI is InChI=1S/C24H20F3N3O6S2.Na.H/c1-14-7-8-16(22(31)32)11-21(14)38(34,35)30-19-6-4-3-5-17(19)29-23(30)37(33)12-18-15(2)20(9-10-28-18)36-13-24(25,26)27;;/h3-11H,12-13H2,1-2H3,(H,31,32);;. The number of halogens is 3. The molecule has 2 heterocycles. The average Bonchev–Trinajstić information content (AvgIpc) is 3.25. The van der Waals surface area contributed by atoms with E-state index in [0.29, 0.717) is 0 Å². The number of benzene rings is 2. The van der Waals surface area contributed by atoms with Gasteiger partial charge in [0.25, 0.3) is 10.0 Å². The number of aromatic carboxylic acids is 1. The molecule has 202 valence electrons. The van der Waals surface area contributed by atoms with Gasteiger partial charge in [-0.2, -0.15) is 22.1 Å². The number of aromatic nitrogens is 3. The summed E-state index contributed by atoms with van der Waals surface area (Å²) in [5.74, 6) is -1.80. The van der Waals surface area contributed by atoms with Gasteiger partial charge in [0.1, 0.15) is 5.75 Å². The molecule has 0 saturated carbocycles. The summed E-state index contributed by atoms with van der Waals surface area (Å²) in [4.78, 5) is 19.5. The predicted molar refractivity (Wildman–Crippen MR) is 138 cm³/mol. The molecule has 0 bridgehead atoms. The average molecular weight is 592 g/mol. The summed E-state index contributed by atoms with van der Waals surface area (Å²) in [5.41, 5.74) is 0.679. The number of nitrogens with zero attached hydrogens (tertiary/aromatic N) is 3. The van der Waals surface area contributed by atoms with Crippen LogP contribution in [0.1, 0.15) is 27.2 Å². The molecule has 15 heteroatoms. The van der Waals surface area contributed by atoms with Crippen LogP contribution in [0.25, 0.3) is 11.0 Å². The van der Waals surface area contributed by atoms with Crippen LogP contribution >= 0.6 is 0 Å². The number of imidazole rings is 1. The van der Waals surface area contributed by atoms with Gasteiger partial charge in [0.05, 0.1) is 27.2 Å². The molecule has 0 fully saturated rings. The number of hydrogen-bond donors (Lipinski definition) is 1. The second-order valence-electron chi connectivity index (χ2n) is 8.21. The number of carboxylic acid groups (broad SMARTS) is 1. The van der Waals surface area contributed by atoms with Crippen molar-refractivity contribution < 1.29 is 40.8 Å². The van der Waals surface area contributed by atoms with Crippen LogP contribution in [0.5, 0.6) is 5.75 Å². The van der Waals surface area contributed by atoms with Crippen molar-refractivity contribution in [2.24, 2.45) is 0 Å². The Balaban J connectivity index is 0.00000420. The maximum atomic E-state index is 13.8. The molecule has 9 nitrogen and oxygen atoms in total. The first-order chi connectivity index (χ1) is 17.8. The Morgan fingerprint density at radius 3 is 2.51 bits per heavy atom. The first-order valence-electron chi connectivity index (χ1n) is 10.9. The van der Waals surface area contributed by atoms with Crippen LogP contribution in [0, 0.1) is 13.8 Å². The van der Waals surface area contributed by atoms with Crippen molar-refractivity contribution in [2.45, 2.75) is 35.8 Å². The van der Waals surface area contributed by atoms with Gasteiger partial charge in [-0.1, -0.05) is 18.2 Å². The third-order valence-electron chi connectivity index (χ3n) is 5.57. The Morgan fingerprint density at radius 1 is 1.15 bits per heavy atom. The number of pyridine rings is 1. The number of carboxylic acids is 1. The molecule has 1 atom stereocenters. The molecule has 0 spiro atoms. The molecule has 39 heavy (non-hydrogen) atoms. The summed E-state index contributed by atoms with van der Waals surface area (Å²) in [6, 6.07) is 11.0. The molecule has 0 aliphatic heterocycles. The Morgan fingerprint density at radius 2 is 1.85 bits per heavy atom. The monoisotopic (exact) mass is 591 g/mol. The molecule has 1 unspecified atom stereocenters. The Bertz CT molecular complexity index is 1640. The number of para-hydroxylation sites is 2. The zero-order valence-electron chi connectivity index (χ0n) is 19.9. The summed E-state index contributed by atoms with van der Waals surface area (Å²) in [6.45, 7) is 1.42. The quantitative estimate of drug-likeness (QED) is 0.243. The van der Waals surface area contributed by atoms with E-state index in [2.05, 4.69) is 9.97 Å². The number of rotatable bonds is 8. The van der Waals surface area contributed by atoms with E-state index < -0.39 is 40.0 Å². The van der Waals surface area contributed by atoms with E-state index in [1.807, 2.05) is 0 Å². The molecule has 1 N–H and O–H groups in total. The molecule has 0 radical (unpaired) electrons. The van der Waals surface area contributed by atoms with Gasteiger partial charge < -0.3 is 14.4 Å². The zero-order valence-corrected chi connectivity index (χ0v) is 21.5. The van der Waals surface area contributed by atoms with Gasteiger partial charge in [-0.15, -0.1) is 0 Å². The van der Waals surface area contributed by atoms with Crippen LogP contribution in [0.4, 0.5) is 13.2 Å². The van der Waals surface area contributed by atoms with E-state index in [9.17, 15) is 36.0 Å². The minimum absolute atomic E-state index is 0. The topological polar surface area (TPSA) is 134 Å². The molecule has 2 aromatic heterocycles. The summed E-state index contributed by atoms with van der Waals surface area (Å²) in [5, 5.41) is 9.01. The Kier molecular flexibility index (Phi) is 9.40. The SMILES string of the molecule is Cc1ccc(C(=O)O)cc1S(=O)(=O)n1c([S+]([O-])Cc2nccc(OCC(F)(F)F)c2C)nc2ccccc21.[NaH]. The fraction of sp³-hybridized carbons (Fsp3) is 0.208. The molecule has 0 amide bonds. The fourth-order valence-corrected chi connectivity index (χ4v) is 6.98. The van der Waals surface area contributed by atoms with Gasteiger partial charge in [-0.25, -0.2) is 13.2 Å². The van der Waals surface area contributed by atoms with Crippen molar-refractivity contribution in [3.05, 3.63) is 77.1 Å².